The number of amides is 2. The first-order valence-corrected chi connectivity index (χ1v) is 15.6. The second-order valence-corrected chi connectivity index (χ2v) is 12.3. The summed E-state index contributed by atoms with van der Waals surface area (Å²) < 4.78 is 34.0. The largest absolute Gasteiger partial charge is 0.497 e. The lowest BCUT2D eigenvalue weighted by Gasteiger charge is -2.33. The summed E-state index contributed by atoms with van der Waals surface area (Å²) >= 11 is 0. The summed E-state index contributed by atoms with van der Waals surface area (Å²) in [5.74, 6) is -0.376. The fraction of sp³-hybridized carbons (Fsp3) is 0.355. The Labute approximate surface area is 251 Å². The number of ether oxygens (including phenoxy) is 1. The Balaban J connectivity index is 1.74. The Hall–Kier alpha value is -4.45. The fourth-order valence-electron chi connectivity index (χ4n) is 5.26. The average Bonchev–Trinajstić information content (AvgIpc) is 3.53. The zero-order valence-electron chi connectivity index (χ0n) is 24.2. The number of nitrogens with zero attached hydrogens (tertiary/aromatic N) is 3. The molecule has 1 N–H and O–H groups in total. The van der Waals surface area contributed by atoms with Gasteiger partial charge in [-0.15, -0.1) is 0 Å². The van der Waals surface area contributed by atoms with Crippen molar-refractivity contribution in [2.24, 2.45) is 0 Å². The maximum atomic E-state index is 14.2. The Kier molecular flexibility index (Phi) is 10.4. The van der Waals surface area contributed by atoms with E-state index in [-0.39, 0.29) is 41.2 Å². The third kappa shape index (κ3) is 7.69. The molecule has 1 fully saturated rings. The highest BCUT2D eigenvalue weighted by Gasteiger charge is 2.35. The van der Waals surface area contributed by atoms with Gasteiger partial charge in [-0.1, -0.05) is 56.2 Å². The Bertz CT molecular complexity index is 1540. The van der Waals surface area contributed by atoms with E-state index in [9.17, 15) is 28.1 Å². The number of nitrogens with one attached hydrogen (secondary N) is 1. The van der Waals surface area contributed by atoms with Crippen LogP contribution in [0.2, 0.25) is 0 Å². The van der Waals surface area contributed by atoms with Crippen molar-refractivity contribution < 1.29 is 27.7 Å². The normalized spacial score (nSPS) is 14.1. The molecular weight excluding hydrogens is 572 g/mol. The zero-order chi connectivity index (χ0) is 31.0. The summed E-state index contributed by atoms with van der Waals surface area (Å²) in [4.78, 5) is 39.9. The number of nitro groups is 1. The lowest BCUT2D eigenvalue weighted by atomic mass is 10.1. The van der Waals surface area contributed by atoms with Crippen molar-refractivity contribution in [3.8, 4) is 5.75 Å². The molecule has 0 unspecified atom stereocenters. The summed E-state index contributed by atoms with van der Waals surface area (Å²) in [6, 6.07) is 18.9. The SMILES string of the molecule is CC[C@H](C(=O)NC1CCCC1)N(Cc1cccc(OC)c1)C(=O)CN(c1cccc([N+](=O)[O-])c1)S(=O)(=O)c1ccccc1. The van der Waals surface area contributed by atoms with Crippen LogP contribution >= 0.6 is 0 Å². The van der Waals surface area contributed by atoms with Gasteiger partial charge in [0.15, 0.2) is 0 Å². The maximum Gasteiger partial charge on any atom is 0.271 e. The van der Waals surface area contributed by atoms with Gasteiger partial charge in [-0.2, -0.15) is 0 Å². The van der Waals surface area contributed by atoms with Gasteiger partial charge in [0.2, 0.25) is 11.8 Å². The molecule has 0 bridgehead atoms. The number of carbonyl (C=O) groups excluding carboxylic acids is 2. The van der Waals surface area contributed by atoms with E-state index in [4.69, 9.17) is 4.74 Å². The van der Waals surface area contributed by atoms with Crippen LogP contribution in [-0.4, -0.2) is 55.8 Å². The number of benzene rings is 3. The number of nitro benzene ring substituents is 1. The molecule has 0 spiro atoms. The van der Waals surface area contributed by atoms with Gasteiger partial charge in [-0.05, 0) is 55.2 Å². The third-order valence-corrected chi connectivity index (χ3v) is 9.30. The van der Waals surface area contributed by atoms with E-state index in [1.165, 1.54) is 42.3 Å². The molecular formula is C31H36N4O7S. The molecule has 0 aliphatic heterocycles. The van der Waals surface area contributed by atoms with Crippen LogP contribution in [0.3, 0.4) is 0 Å². The Morgan fingerprint density at radius 1 is 1.02 bits per heavy atom. The number of anilines is 1. The molecule has 3 aromatic carbocycles. The molecule has 0 radical (unpaired) electrons. The monoisotopic (exact) mass is 608 g/mol. The van der Waals surface area contributed by atoms with E-state index < -0.39 is 33.4 Å². The molecule has 228 valence electrons. The van der Waals surface area contributed by atoms with Gasteiger partial charge >= 0.3 is 0 Å². The molecule has 0 saturated heterocycles. The van der Waals surface area contributed by atoms with E-state index in [2.05, 4.69) is 5.32 Å². The quantitative estimate of drug-likeness (QED) is 0.220. The number of hydrogen-bond donors (Lipinski definition) is 1. The highest BCUT2D eigenvalue weighted by Crippen LogP contribution is 2.28. The summed E-state index contributed by atoms with van der Waals surface area (Å²) in [6.45, 7) is 1.13. The molecule has 1 atom stereocenters. The third-order valence-electron chi connectivity index (χ3n) is 7.51. The minimum absolute atomic E-state index is 0.0147. The lowest BCUT2D eigenvalue weighted by molar-refractivity contribution is -0.384. The second-order valence-electron chi connectivity index (χ2n) is 10.4. The van der Waals surface area contributed by atoms with Crippen molar-refractivity contribution >= 4 is 33.2 Å². The zero-order valence-corrected chi connectivity index (χ0v) is 25.0. The number of non-ortho nitro benzene ring substituents is 1. The Morgan fingerprint density at radius 3 is 2.37 bits per heavy atom. The molecule has 0 heterocycles. The van der Waals surface area contributed by atoms with Gasteiger partial charge in [-0.25, -0.2) is 8.42 Å². The van der Waals surface area contributed by atoms with Crippen molar-refractivity contribution in [2.75, 3.05) is 18.0 Å². The van der Waals surface area contributed by atoms with Crippen LogP contribution in [0.1, 0.15) is 44.6 Å². The summed E-state index contributed by atoms with van der Waals surface area (Å²) in [6.07, 6.45) is 4.05. The van der Waals surface area contributed by atoms with Crippen molar-refractivity contribution in [3.63, 3.8) is 0 Å². The standard InChI is InChI=1S/C31H36N4O7S/c1-3-29(31(37)32-24-12-7-8-13-24)33(21-23-11-9-16-27(19-23)42-2)30(36)22-34(25-14-10-15-26(20-25)35(38)39)43(40,41)28-17-5-4-6-18-28/h4-6,9-11,14-20,24,29H,3,7-8,12-13,21-22H2,1-2H3,(H,32,37)/t29-/m1/s1. The summed E-state index contributed by atoms with van der Waals surface area (Å²) in [5.41, 5.74) is 0.317. The lowest BCUT2D eigenvalue weighted by Crippen LogP contribution is -2.53. The van der Waals surface area contributed by atoms with Gasteiger partial charge in [0.05, 0.1) is 22.6 Å². The first kappa shape index (κ1) is 31.5. The topological polar surface area (TPSA) is 139 Å². The molecule has 2 amide bonds. The van der Waals surface area contributed by atoms with Gasteiger partial charge in [-0.3, -0.25) is 24.0 Å². The van der Waals surface area contributed by atoms with Crippen molar-refractivity contribution in [1.29, 1.82) is 0 Å². The minimum Gasteiger partial charge on any atom is -0.497 e. The molecule has 1 aliphatic carbocycles. The molecule has 3 aromatic rings. The van der Waals surface area contributed by atoms with Gasteiger partial charge in [0.25, 0.3) is 15.7 Å². The molecule has 12 heteroatoms. The van der Waals surface area contributed by atoms with Gasteiger partial charge in [0, 0.05) is 24.7 Å². The molecule has 4 rings (SSSR count). The van der Waals surface area contributed by atoms with Crippen molar-refractivity contribution in [3.05, 3.63) is 94.5 Å². The average molecular weight is 609 g/mol. The Morgan fingerprint density at radius 2 is 1.72 bits per heavy atom. The van der Waals surface area contributed by atoms with E-state index in [1.807, 2.05) is 0 Å². The summed E-state index contributed by atoms with van der Waals surface area (Å²) in [7, 11) is -2.81. The first-order chi connectivity index (χ1) is 20.6. The highest BCUT2D eigenvalue weighted by molar-refractivity contribution is 7.92. The smallest absolute Gasteiger partial charge is 0.271 e. The number of carbonyl (C=O) groups is 2. The molecule has 0 aromatic heterocycles. The molecule has 1 aliphatic rings. The van der Waals surface area contributed by atoms with E-state index in [0.717, 1.165) is 36.1 Å². The van der Waals surface area contributed by atoms with E-state index in [1.54, 1.807) is 49.4 Å². The predicted molar refractivity (Wildman–Crippen MR) is 162 cm³/mol. The van der Waals surface area contributed by atoms with Crippen LogP contribution in [-0.2, 0) is 26.2 Å². The number of hydrogen-bond acceptors (Lipinski definition) is 7. The molecule has 1 saturated carbocycles. The van der Waals surface area contributed by atoms with Crippen LogP contribution in [0.15, 0.2) is 83.8 Å². The summed E-state index contributed by atoms with van der Waals surface area (Å²) in [5, 5.41) is 14.6. The van der Waals surface area contributed by atoms with Crippen LogP contribution in [0.4, 0.5) is 11.4 Å². The van der Waals surface area contributed by atoms with E-state index in [0.29, 0.717) is 11.3 Å². The van der Waals surface area contributed by atoms with Crippen LogP contribution in [0.25, 0.3) is 0 Å². The van der Waals surface area contributed by atoms with Crippen LogP contribution < -0.4 is 14.4 Å². The molecule has 43 heavy (non-hydrogen) atoms. The number of rotatable bonds is 13. The number of sulfonamides is 1. The predicted octanol–water partition coefficient (Wildman–Crippen LogP) is 4.66. The first-order valence-electron chi connectivity index (χ1n) is 14.2. The van der Waals surface area contributed by atoms with E-state index >= 15 is 0 Å². The van der Waals surface area contributed by atoms with Crippen molar-refractivity contribution in [2.45, 2.75) is 62.6 Å². The second kappa shape index (κ2) is 14.1. The van der Waals surface area contributed by atoms with Crippen molar-refractivity contribution in [1.82, 2.24) is 10.2 Å². The molecule has 11 nitrogen and oxygen atoms in total. The minimum atomic E-state index is -4.34. The number of methoxy groups -OCH3 is 1. The van der Waals surface area contributed by atoms with Gasteiger partial charge in [0.1, 0.15) is 18.3 Å². The van der Waals surface area contributed by atoms with Crippen LogP contribution in [0.5, 0.6) is 5.75 Å². The maximum absolute atomic E-state index is 14.2. The van der Waals surface area contributed by atoms with Crippen LogP contribution in [0, 0.1) is 10.1 Å². The van der Waals surface area contributed by atoms with Gasteiger partial charge < -0.3 is 15.0 Å². The highest BCUT2D eigenvalue weighted by atomic mass is 32.2. The fourth-order valence-corrected chi connectivity index (χ4v) is 6.69.